The number of anilines is 2. The zero-order chi connectivity index (χ0) is 17.1. The zero-order valence-electron chi connectivity index (χ0n) is 14.3. The number of carbonyl (C=O) groups excluding carboxylic acids is 2. The van der Waals surface area contributed by atoms with E-state index in [-0.39, 0.29) is 30.3 Å². The van der Waals surface area contributed by atoms with Crippen LogP contribution >= 0.6 is 12.4 Å². The average molecular weight is 360 g/mol. The first-order valence-corrected chi connectivity index (χ1v) is 8.02. The summed E-state index contributed by atoms with van der Waals surface area (Å²) >= 11 is 0. The van der Waals surface area contributed by atoms with Gasteiger partial charge < -0.3 is 16.0 Å². The van der Waals surface area contributed by atoms with Crippen molar-refractivity contribution in [3.63, 3.8) is 0 Å². The Bertz CT molecular complexity index is 792. The van der Waals surface area contributed by atoms with Gasteiger partial charge in [-0.2, -0.15) is 0 Å². The second-order valence-electron chi connectivity index (χ2n) is 6.11. The highest BCUT2D eigenvalue weighted by Crippen LogP contribution is 2.22. The lowest BCUT2D eigenvalue weighted by Crippen LogP contribution is -2.44. The van der Waals surface area contributed by atoms with Crippen molar-refractivity contribution in [2.75, 3.05) is 10.6 Å². The predicted octanol–water partition coefficient (Wildman–Crippen LogP) is 3.03. The van der Waals surface area contributed by atoms with Crippen LogP contribution in [0.4, 0.5) is 11.4 Å². The number of benzene rings is 2. The second kappa shape index (κ2) is 8.14. The molecule has 5 nitrogen and oxygen atoms in total. The van der Waals surface area contributed by atoms with Crippen molar-refractivity contribution in [2.24, 2.45) is 0 Å². The van der Waals surface area contributed by atoms with Gasteiger partial charge in [0.05, 0.1) is 6.04 Å². The molecule has 1 aliphatic heterocycles. The van der Waals surface area contributed by atoms with Gasteiger partial charge >= 0.3 is 0 Å². The van der Waals surface area contributed by atoms with Gasteiger partial charge in [-0.25, -0.2) is 0 Å². The molecule has 2 amide bonds. The van der Waals surface area contributed by atoms with Crippen molar-refractivity contribution in [3.8, 4) is 0 Å². The van der Waals surface area contributed by atoms with Gasteiger partial charge in [0.2, 0.25) is 11.8 Å². The highest BCUT2D eigenvalue weighted by Gasteiger charge is 2.23. The molecule has 0 aliphatic carbocycles. The quantitative estimate of drug-likeness (QED) is 0.789. The number of carbonyl (C=O) groups is 2. The van der Waals surface area contributed by atoms with Gasteiger partial charge in [-0.05, 0) is 42.2 Å². The van der Waals surface area contributed by atoms with Crippen LogP contribution in [-0.4, -0.2) is 17.9 Å². The summed E-state index contributed by atoms with van der Waals surface area (Å²) in [6, 6.07) is 13.4. The van der Waals surface area contributed by atoms with E-state index in [2.05, 4.69) is 28.1 Å². The molecule has 0 saturated carbocycles. The fourth-order valence-electron chi connectivity index (χ4n) is 2.89. The second-order valence-corrected chi connectivity index (χ2v) is 6.11. The van der Waals surface area contributed by atoms with Crippen molar-refractivity contribution >= 4 is 35.6 Å². The summed E-state index contributed by atoms with van der Waals surface area (Å²) in [5.74, 6) is -0.200. The van der Waals surface area contributed by atoms with E-state index in [1.807, 2.05) is 31.2 Å². The van der Waals surface area contributed by atoms with Crippen LogP contribution in [0.2, 0.25) is 0 Å². The Morgan fingerprint density at radius 2 is 1.80 bits per heavy atom. The van der Waals surface area contributed by atoms with Crippen molar-refractivity contribution < 1.29 is 9.59 Å². The van der Waals surface area contributed by atoms with Crippen LogP contribution in [0, 0.1) is 6.92 Å². The minimum absolute atomic E-state index is 0. The molecular weight excluding hydrogens is 338 g/mol. The molecule has 1 heterocycles. The number of hydrogen-bond donors (Lipinski definition) is 3. The maximum absolute atomic E-state index is 12.5. The fourth-order valence-corrected chi connectivity index (χ4v) is 2.89. The van der Waals surface area contributed by atoms with Gasteiger partial charge in [-0.15, -0.1) is 12.4 Å². The number of fused-ring (bicyclic) bond motifs is 1. The molecule has 0 bridgehead atoms. The first-order chi connectivity index (χ1) is 11.5. The normalized spacial score (nSPS) is 15.5. The Labute approximate surface area is 153 Å². The molecule has 25 heavy (non-hydrogen) atoms. The molecule has 3 rings (SSSR count). The molecule has 0 spiro atoms. The minimum atomic E-state index is -0.259. The fraction of sp³-hybridized carbons (Fsp3) is 0.263. The highest BCUT2D eigenvalue weighted by molar-refractivity contribution is 5.96. The van der Waals surface area contributed by atoms with Crippen LogP contribution in [0.15, 0.2) is 42.5 Å². The predicted molar refractivity (Wildman–Crippen MR) is 102 cm³/mol. The van der Waals surface area contributed by atoms with Gasteiger partial charge in [0.25, 0.3) is 0 Å². The molecule has 0 radical (unpaired) electrons. The molecule has 1 aliphatic rings. The van der Waals surface area contributed by atoms with E-state index < -0.39 is 0 Å². The number of nitrogens with one attached hydrogen (secondary N) is 3. The van der Waals surface area contributed by atoms with Crippen molar-refractivity contribution in [1.29, 1.82) is 0 Å². The minimum Gasteiger partial charge on any atom is -0.326 e. The monoisotopic (exact) mass is 359 g/mol. The summed E-state index contributed by atoms with van der Waals surface area (Å²) in [5.41, 5.74) is 4.79. The maximum atomic E-state index is 12.5. The third kappa shape index (κ3) is 4.59. The third-order valence-electron chi connectivity index (χ3n) is 4.21. The zero-order valence-corrected chi connectivity index (χ0v) is 15.1. The maximum Gasteiger partial charge on any atom is 0.241 e. The molecule has 132 valence electrons. The highest BCUT2D eigenvalue weighted by atomic mass is 35.5. The molecule has 3 N–H and O–H groups in total. The summed E-state index contributed by atoms with van der Waals surface area (Å²) < 4.78 is 0. The lowest BCUT2D eigenvalue weighted by molar-refractivity contribution is -0.118. The number of halogens is 1. The summed E-state index contributed by atoms with van der Waals surface area (Å²) in [6.45, 7) is 4.07. The Balaban J connectivity index is 0.00000225. The molecule has 0 aromatic heterocycles. The molecular formula is C19H22ClN3O2. The topological polar surface area (TPSA) is 70.2 Å². The summed E-state index contributed by atoms with van der Waals surface area (Å²) in [6.07, 6.45) is 0.673. The smallest absolute Gasteiger partial charge is 0.241 e. The summed E-state index contributed by atoms with van der Waals surface area (Å²) in [4.78, 5) is 23.8. The van der Waals surface area contributed by atoms with Crippen molar-refractivity contribution in [1.82, 2.24) is 5.32 Å². The van der Waals surface area contributed by atoms with Gasteiger partial charge in [0, 0.05) is 24.8 Å². The first kappa shape index (κ1) is 19.0. The standard InChI is InChI=1S/C19H21N3O2.ClH/c1-12-7-8-16(10-17(12)21-13(2)23)22-19(24)18-9-14-5-3-4-6-15(14)11-20-18;/h3-8,10,18,20H,9,11H2,1-2H3,(H,21,23)(H,22,24);1H. The van der Waals surface area contributed by atoms with Crippen LogP contribution in [-0.2, 0) is 22.6 Å². The van der Waals surface area contributed by atoms with E-state index in [1.54, 1.807) is 6.07 Å². The summed E-state index contributed by atoms with van der Waals surface area (Å²) in [5, 5.41) is 8.98. The van der Waals surface area contributed by atoms with E-state index in [0.717, 1.165) is 5.56 Å². The lowest BCUT2D eigenvalue weighted by atomic mass is 9.95. The van der Waals surface area contributed by atoms with E-state index in [4.69, 9.17) is 0 Å². The SMILES string of the molecule is CC(=O)Nc1cc(NC(=O)C2Cc3ccccc3CN2)ccc1C.Cl. The van der Waals surface area contributed by atoms with Gasteiger partial charge in [-0.1, -0.05) is 30.3 Å². The van der Waals surface area contributed by atoms with Crippen molar-refractivity contribution in [3.05, 3.63) is 59.2 Å². The van der Waals surface area contributed by atoms with Crippen molar-refractivity contribution in [2.45, 2.75) is 32.9 Å². The van der Waals surface area contributed by atoms with Crippen LogP contribution in [0.1, 0.15) is 23.6 Å². The van der Waals surface area contributed by atoms with E-state index in [9.17, 15) is 9.59 Å². The Morgan fingerprint density at radius 1 is 1.08 bits per heavy atom. The summed E-state index contributed by atoms with van der Waals surface area (Å²) in [7, 11) is 0. The van der Waals surface area contributed by atoms with Gasteiger partial charge in [0.15, 0.2) is 0 Å². The first-order valence-electron chi connectivity index (χ1n) is 8.02. The molecule has 6 heteroatoms. The lowest BCUT2D eigenvalue weighted by Gasteiger charge is -2.25. The molecule has 0 saturated heterocycles. The molecule has 1 unspecified atom stereocenters. The largest absolute Gasteiger partial charge is 0.326 e. The van der Waals surface area contributed by atoms with E-state index in [1.165, 1.54) is 18.1 Å². The molecule has 0 fully saturated rings. The number of amides is 2. The Hall–Kier alpha value is -2.37. The van der Waals surface area contributed by atoms with Crippen LogP contribution in [0.3, 0.4) is 0 Å². The Morgan fingerprint density at radius 3 is 2.52 bits per heavy atom. The molecule has 2 aromatic rings. The number of aryl methyl sites for hydroxylation is 1. The van der Waals surface area contributed by atoms with Crippen LogP contribution < -0.4 is 16.0 Å². The van der Waals surface area contributed by atoms with E-state index >= 15 is 0 Å². The van der Waals surface area contributed by atoms with E-state index in [0.29, 0.717) is 24.3 Å². The third-order valence-corrected chi connectivity index (χ3v) is 4.21. The Kier molecular flexibility index (Phi) is 6.17. The molecule has 2 aromatic carbocycles. The van der Waals surface area contributed by atoms with Crippen LogP contribution in [0.5, 0.6) is 0 Å². The number of hydrogen-bond acceptors (Lipinski definition) is 3. The van der Waals surface area contributed by atoms with Gasteiger partial charge in [-0.3, -0.25) is 9.59 Å². The molecule has 1 atom stereocenters. The number of rotatable bonds is 3. The van der Waals surface area contributed by atoms with Gasteiger partial charge in [0.1, 0.15) is 0 Å². The van der Waals surface area contributed by atoms with Crippen LogP contribution in [0.25, 0.3) is 0 Å². The average Bonchev–Trinajstić information content (AvgIpc) is 2.57.